The molecule has 0 atom stereocenters. The van der Waals surface area contributed by atoms with Gasteiger partial charge < -0.3 is 20.2 Å². The van der Waals surface area contributed by atoms with Crippen LogP contribution < -0.4 is 10.1 Å². The van der Waals surface area contributed by atoms with E-state index in [4.69, 9.17) is 4.74 Å². The summed E-state index contributed by atoms with van der Waals surface area (Å²) in [6.07, 6.45) is 1.34. The summed E-state index contributed by atoms with van der Waals surface area (Å²) in [5.41, 5.74) is 0. The Bertz CT molecular complexity index is 299. The third kappa shape index (κ3) is 2.98. The lowest BCUT2D eigenvalue weighted by molar-refractivity contribution is -0.389. The van der Waals surface area contributed by atoms with Gasteiger partial charge in [0.2, 0.25) is 0 Å². The minimum atomic E-state index is -0.544. The van der Waals surface area contributed by atoms with Crippen molar-refractivity contribution in [1.29, 1.82) is 0 Å². The summed E-state index contributed by atoms with van der Waals surface area (Å²) in [4.78, 5) is 13.3. The lowest BCUT2D eigenvalue weighted by Crippen LogP contribution is -2.15. The van der Waals surface area contributed by atoms with Crippen LogP contribution in [0.3, 0.4) is 0 Å². The number of aromatic nitrogens is 1. The largest absolute Gasteiger partial charge is 0.488 e. The smallest absolute Gasteiger partial charge is 0.363 e. The molecular formula is C8H11N3O3. The van der Waals surface area contributed by atoms with E-state index < -0.39 is 4.92 Å². The maximum absolute atomic E-state index is 10.3. The first kappa shape index (κ1) is 10.4. The molecule has 0 saturated heterocycles. The van der Waals surface area contributed by atoms with Gasteiger partial charge in [-0.15, -0.1) is 0 Å². The SMILES string of the molecule is CNCCOc1ccc([N+](=O)[O-])nc1. The van der Waals surface area contributed by atoms with Crippen molar-refractivity contribution in [3.63, 3.8) is 0 Å². The van der Waals surface area contributed by atoms with E-state index in [0.29, 0.717) is 12.4 Å². The second kappa shape index (κ2) is 5.13. The topological polar surface area (TPSA) is 77.3 Å². The second-order valence-electron chi connectivity index (χ2n) is 2.56. The van der Waals surface area contributed by atoms with Crippen molar-refractivity contribution in [3.8, 4) is 5.75 Å². The standard InChI is InChI=1S/C8H11N3O3/c1-9-4-5-14-7-2-3-8(10-6-7)11(12)13/h2-3,6,9H,4-5H2,1H3. The van der Waals surface area contributed by atoms with E-state index >= 15 is 0 Å². The van der Waals surface area contributed by atoms with Crippen LogP contribution in [0.2, 0.25) is 0 Å². The number of hydrogen-bond acceptors (Lipinski definition) is 5. The zero-order chi connectivity index (χ0) is 10.4. The van der Waals surface area contributed by atoms with Gasteiger partial charge in [-0.25, -0.2) is 0 Å². The number of likely N-dealkylation sites (N-methyl/N-ethyl adjacent to an activating group) is 1. The van der Waals surface area contributed by atoms with Crippen LogP contribution in [0, 0.1) is 10.1 Å². The fraction of sp³-hybridized carbons (Fsp3) is 0.375. The van der Waals surface area contributed by atoms with Gasteiger partial charge in [-0.3, -0.25) is 0 Å². The molecule has 0 amide bonds. The van der Waals surface area contributed by atoms with Gasteiger partial charge in [-0.1, -0.05) is 0 Å². The van der Waals surface area contributed by atoms with Gasteiger partial charge in [0.25, 0.3) is 0 Å². The highest BCUT2D eigenvalue weighted by molar-refractivity contribution is 5.26. The first-order valence-electron chi connectivity index (χ1n) is 4.12. The molecule has 1 heterocycles. The Morgan fingerprint density at radius 1 is 1.64 bits per heavy atom. The number of pyridine rings is 1. The van der Waals surface area contributed by atoms with Gasteiger partial charge >= 0.3 is 5.82 Å². The maximum atomic E-state index is 10.3. The fourth-order valence-corrected chi connectivity index (χ4v) is 0.837. The van der Waals surface area contributed by atoms with E-state index in [0.717, 1.165) is 6.54 Å². The fourth-order valence-electron chi connectivity index (χ4n) is 0.837. The molecule has 1 rings (SSSR count). The van der Waals surface area contributed by atoms with Gasteiger partial charge in [-0.05, 0) is 23.0 Å². The molecule has 6 heteroatoms. The first-order chi connectivity index (χ1) is 6.74. The molecule has 0 aliphatic rings. The number of rotatable bonds is 5. The van der Waals surface area contributed by atoms with E-state index in [1.54, 1.807) is 0 Å². The van der Waals surface area contributed by atoms with E-state index in [-0.39, 0.29) is 5.82 Å². The number of nitrogens with one attached hydrogen (secondary N) is 1. The Morgan fingerprint density at radius 2 is 2.43 bits per heavy atom. The van der Waals surface area contributed by atoms with E-state index in [1.807, 2.05) is 7.05 Å². The van der Waals surface area contributed by atoms with Crippen LogP contribution >= 0.6 is 0 Å². The molecule has 0 saturated carbocycles. The molecule has 1 N–H and O–H groups in total. The monoisotopic (exact) mass is 197 g/mol. The summed E-state index contributed by atoms with van der Waals surface area (Å²) in [5.74, 6) is 0.358. The molecule has 0 aliphatic carbocycles. The zero-order valence-corrected chi connectivity index (χ0v) is 7.77. The van der Waals surface area contributed by atoms with Crippen LogP contribution in [0.1, 0.15) is 0 Å². The molecule has 76 valence electrons. The van der Waals surface area contributed by atoms with Crippen molar-refractivity contribution in [2.75, 3.05) is 20.2 Å². The van der Waals surface area contributed by atoms with Crippen molar-refractivity contribution >= 4 is 5.82 Å². The third-order valence-electron chi connectivity index (χ3n) is 1.53. The van der Waals surface area contributed by atoms with Crippen molar-refractivity contribution in [3.05, 3.63) is 28.4 Å². The molecule has 0 bridgehead atoms. The van der Waals surface area contributed by atoms with Crippen LogP contribution in [-0.2, 0) is 0 Å². The zero-order valence-electron chi connectivity index (χ0n) is 7.77. The highest BCUT2D eigenvalue weighted by Gasteiger charge is 2.06. The molecule has 14 heavy (non-hydrogen) atoms. The summed E-state index contributed by atoms with van der Waals surface area (Å²) < 4.78 is 5.23. The summed E-state index contributed by atoms with van der Waals surface area (Å²) in [6.45, 7) is 1.23. The second-order valence-corrected chi connectivity index (χ2v) is 2.56. The summed E-state index contributed by atoms with van der Waals surface area (Å²) in [7, 11) is 1.82. The minimum absolute atomic E-state index is 0.175. The molecule has 1 aromatic rings. The first-order valence-corrected chi connectivity index (χ1v) is 4.12. The van der Waals surface area contributed by atoms with E-state index in [1.165, 1.54) is 18.3 Å². The molecule has 1 aromatic heterocycles. The average Bonchev–Trinajstić information content (AvgIpc) is 2.19. The summed E-state index contributed by atoms with van der Waals surface area (Å²) in [6, 6.07) is 2.84. The maximum Gasteiger partial charge on any atom is 0.363 e. The third-order valence-corrected chi connectivity index (χ3v) is 1.53. The molecule has 0 spiro atoms. The lowest BCUT2D eigenvalue weighted by atomic mass is 10.4. The van der Waals surface area contributed by atoms with Crippen LogP contribution in [0.25, 0.3) is 0 Å². The summed E-state index contributed by atoms with van der Waals surface area (Å²) >= 11 is 0. The highest BCUT2D eigenvalue weighted by Crippen LogP contribution is 2.12. The number of ether oxygens (including phenoxy) is 1. The van der Waals surface area contributed by atoms with Crippen molar-refractivity contribution in [1.82, 2.24) is 10.3 Å². The summed E-state index contributed by atoms with van der Waals surface area (Å²) in [5, 5.41) is 13.2. The van der Waals surface area contributed by atoms with Crippen LogP contribution in [0.4, 0.5) is 5.82 Å². The molecule has 6 nitrogen and oxygen atoms in total. The predicted molar refractivity (Wildman–Crippen MR) is 50.3 cm³/mol. The van der Waals surface area contributed by atoms with Crippen molar-refractivity contribution in [2.45, 2.75) is 0 Å². The minimum Gasteiger partial charge on any atom is -0.488 e. The Labute approximate surface area is 81.1 Å². The molecule has 0 unspecified atom stereocenters. The Kier molecular flexibility index (Phi) is 3.81. The van der Waals surface area contributed by atoms with Gasteiger partial charge in [0.1, 0.15) is 6.61 Å². The van der Waals surface area contributed by atoms with Gasteiger partial charge in [0.15, 0.2) is 11.9 Å². The number of nitro groups is 1. The van der Waals surface area contributed by atoms with Crippen LogP contribution in [0.5, 0.6) is 5.75 Å². The molecule has 0 aromatic carbocycles. The Balaban J connectivity index is 2.51. The molecule has 0 radical (unpaired) electrons. The van der Waals surface area contributed by atoms with Crippen LogP contribution in [0.15, 0.2) is 18.3 Å². The van der Waals surface area contributed by atoms with Gasteiger partial charge in [-0.2, -0.15) is 0 Å². The number of nitrogens with zero attached hydrogens (tertiary/aromatic N) is 2. The normalized spacial score (nSPS) is 9.79. The lowest BCUT2D eigenvalue weighted by Gasteiger charge is -2.02. The Morgan fingerprint density at radius 3 is 2.93 bits per heavy atom. The molecular weight excluding hydrogens is 186 g/mol. The van der Waals surface area contributed by atoms with E-state index in [9.17, 15) is 10.1 Å². The van der Waals surface area contributed by atoms with Crippen molar-refractivity contribution < 1.29 is 9.66 Å². The van der Waals surface area contributed by atoms with E-state index in [2.05, 4.69) is 10.3 Å². The van der Waals surface area contributed by atoms with Gasteiger partial charge in [0.05, 0.1) is 0 Å². The van der Waals surface area contributed by atoms with Gasteiger partial charge in [0, 0.05) is 12.6 Å². The predicted octanol–water partition coefficient (Wildman–Crippen LogP) is 0.588. The molecule has 0 fully saturated rings. The number of hydrogen-bond donors (Lipinski definition) is 1. The quantitative estimate of drug-likeness (QED) is 0.424. The average molecular weight is 197 g/mol. The van der Waals surface area contributed by atoms with Crippen LogP contribution in [-0.4, -0.2) is 30.1 Å². The highest BCUT2D eigenvalue weighted by atomic mass is 16.6. The van der Waals surface area contributed by atoms with Crippen molar-refractivity contribution in [2.24, 2.45) is 0 Å². The Hall–Kier alpha value is -1.69. The molecule has 0 aliphatic heterocycles.